The van der Waals surface area contributed by atoms with Crippen molar-refractivity contribution in [1.29, 1.82) is 0 Å². The Morgan fingerprint density at radius 1 is 0.333 bits per heavy atom. The fraction of sp³-hybridized carbons (Fsp3) is 1.00. The maximum absolute atomic E-state index is 4.90. The summed E-state index contributed by atoms with van der Waals surface area (Å²) in [5.41, 5.74) is 0. The van der Waals surface area contributed by atoms with Crippen LogP contribution in [-0.4, -0.2) is 11.5 Å². The molecule has 0 aliphatic rings. The van der Waals surface area contributed by atoms with Crippen molar-refractivity contribution in [3.05, 3.63) is 0 Å². The van der Waals surface area contributed by atoms with Gasteiger partial charge in [0, 0.05) is 0 Å². The third-order valence-electron chi connectivity index (χ3n) is 5.00. The fourth-order valence-corrected chi connectivity index (χ4v) is 3.59. The molecule has 0 bridgehead atoms. The third kappa shape index (κ3) is 38.6. The third-order valence-corrected chi connectivity index (χ3v) is 5.57. The van der Waals surface area contributed by atoms with Crippen molar-refractivity contribution in [1.82, 2.24) is 0 Å². The quantitative estimate of drug-likeness (QED) is 0.0914. The fourth-order valence-electron chi connectivity index (χ4n) is 3.18. The van der Waals surface area contributed by atoms with Crippen LogP contribution in [0.4, 0.5) is 0 Å². The molecule has 0 aliphatic heterocycles. The van der Waals surface area contributed by atoms with E-state index in [1.165, 1.54) is 128 Å². The van der Waals surface area contributed by atoms with E-state index in [4.69, 9.17) is 25.3 Å². The van der Waals surface area contributed by atoms with Gasteiger partial charge in [-0.1, -0.05) is 142 Å². The first-order valence-corrected chi connectivity index (χ1v) is 13.1. The minimum absolute atomic E-state index is 0. The Hall–Kier alpha value is 1.36. The summed E-state index contributed by atoms with van der Waals surface area (Å²) in [5.74, 6) is 1.91. The molecule has 0 amide bonds. The zero-order valence-electron chi connectivity index (χ0n) is 18.7. The van der Waals surface area contributed by atoms with Gasteiger partial charge in [0.15, 0.2) is 0 Å². The van der Waals surface area contributed by atoms with E-state index in [0.717, 1.165) is 11.5 Å². The second-order valence-electron chi connectivity index (χ2n) is 7.77. The summed E-state index contributed by atoms with van der Waals surface area (Å²) in [4.78, 5) is 0. The number of hydrogen-bond donors (Lipinski definition) is 0. The second kappa shape index (κ2) is 34.8. The summed E-state index contributed by atoms with van der Waals surface area (Å²) in [7, 11) is 0. The van der Waals surface area contributed by atoms with Gasteiger partial charge in [-0.15, -0.1) is 0 Å². The minimum atomic E-state index is 0. The first-order chi connectivity index (χ1) is 12.8. The molecule has 0 heterocycles. The number of unbranched alkanes of at least 4 members (excludes halogenated alkanes) is 18. The van der Waals surface area contributed by atoms with Gasteiger partial charge in [-0.2, -0.15) is 11.5 Å². The topological polar surface area (TPSA) is 0 Å². The largest absolute Gasteiger partial charge is 2.00 e. The molecule has 0 rings (SSSR count). The summed E-state index contributed by atoms with van der Waals surface area (Å²) in [6, 6.07) is 0. The molecule has 0 fully saturated rings. The number of hydrogen-bond acceptors (Lipinski definition) is 2. The molecule has 0 saturated heterocycles. The van der Waals surface area contributed by atoms with Gasteiger partial charge in [0.2, 0.25) is 0 Å². The summed E-state index contributed by atoms with van der Waals surface area (Å²) in [6.45, 7) is 4.55. The van der Waals surface area contributed by atoms with Crippen molar-refractivity contribution in [3.8, 4) is 0 Å². The molecule has 0 radical (unpaired) electrons. The first kappa shape index (κ1) is 33.0. The van der Waals surface area contributed by atoms with Crippen LogP contribution in [-0.2, 0) is 45.7 Å². The molecule has 0 atom stereocenters. The van der Waals surface area contributed by atoms with Crippen molar-refractivity contribution in [2.24, 2.45) is 0 Å². The first-order valence-electron chi connectivity index (χ1n) is 12.0. The normalized spacial score (nSPS) is 10.2. The molecule has 0 aliphatic carbocycles. The zero-order chi connectivity index (χ0) is 19.6. The van der Waals surface area contributed by atoms with E-state index in [9.17, 15) is 0 Å². The van der Waals surface area contributed by atoms with Gasteiger partial charge in [0.25, 0.3) is 0 Å². The van der Waals surface area contributed by atoms with Gasteiger partial charge in [-0.3, -0.25) is 0 Å². The van der Waals surface area contributed by atoms with E-state index in [1.807, 2.05) is 0 Å². The zero-order valence-corrected chi connectivity index (χ0v) is 21.9. The molecule has 0 aromatic rings. The number of rotatable bonds is 20. The van der Waals surface area contributed by atoms with Crippen molar-refractivity contribution in [3.63, 3.8) is 0 Å². The predicted octanol–water partition coefficient (Wildman–Crippen LogP) is 8.91. The molecule has 0 spiro atoms. The Labute approximate surface area is 198 Å². The van der Waals surface area contributed by atoms with Crippen LogP contribution in [0.2, 0.25) is 0 Å². The molecule has 3 heteroatoms. The maximum Gasteiger partial charge on any atom is 2.00 e. The molecule has 27 heavy (non-hydrogen) atoms. The standard InChI is InChI=1S/2C12H26S.Pd/c2*1-2-3-4-5-6-7-8-9-10-11-12-13;/h2*13H,2-12H2,1H3;/q;;+2/p-2. The Balaban J connectivity index is -0.000000411. The predicted molar refractivity (Wildman–Crippen MR) is 128 cm³/mol. The monoisotopic (exact) mass is 508 g/mol. The summed E-state index contributed by atoms with van der Waals surface area (Å²) < 4.78 is 0. The van der Waals surface area contributed by atoms with Crippen molar-refractivity contribution in [2.45, 2.75) is 142 Å². The molecule has 0 unspecified atom stereocenters. The molecular formula is C24H50PdS2. The van der Waals surface area contributed by atoms with Crippen molar-refractivity contribution in [2.75, 3.05) is 11.5 Å². The van der Waals surface area contributed by atoms with Crippen molar-refractivity contribution >= 4 is 25.3 Å². The molecule has 0 N–H and O–H groups in total. The smallest absolute Gasteiger partial charge is 0.793 e. The van der Waals surface area contributed by atoms with Gasteiger partial charge in [0.1, 0.15) is 0 Å². The van der Waals surface area contributed by atoms with Gasteiger partial charge >= 0.3 is 20.4 Å². The van der Waals surface area contributed by atoms with Gasteiger partial charge in [0.05, 0.1) is 0 Å². The Bertz CT molecular complexity index is 171. The average Bonchev–Trinajstić information content (AvgIpc) is 2.66. The van der Waals surface area contributed by atoms with Crippen LogP contribution in [0, 0.1) is 0 Å². The van der Waals surface area contributed by atoms with Crippen LogP contribution >= 0.6 is 0 Å². The Kier molecular flexibility index (Phi) is 42.6. The summed E-state index contributed by atoms with van der Waals surface area (Å²) >= 11 is 9.80. The summed E-state index contributed by atoms with van der Waals surface area (Å²) in [6.07, 6.45) is 28.1. The molecule has 168 valence electrons. The van der Waals surface area contributed by atoms with Crippen LogP contribution in [0.3, 0.4) is 0 Å². The average molecular weight is 509 g/mol. The van der Waals surface area contributed by atoms with E-state index in [-0.39, 0.29) is 20.4 Å². The van der Waals surface area contributed by atoms with E-state index < -0.39 is 0 Å². The van der Waals surface area contributed by atoms with Gasteiger partial charge in [-0.25, -0.2) is 0 Å². The van der Waals surface area contributed by atoms with Crippen LogP contribution in [0.1, 0.15) is 142 Å². The Morgan fingerprint density at radius 2 is 0.519 bits per heavy atom. The van der Waals surface area contributed by atoms with Crippen LogP contribution < -0.4 is 0 Å². The van der Waals surface area contributed by atoms with E-state index >= 15 is 0 Å². The molecule has 0 aromatic carbocycles. The summed E-state index contributed by atoms with van der Waals surface area (Å²) in [5, 5.41) is 0. The van der Waals surface area contributed by atoms with E-state index in [0.29, 0.717) is 0 Å². The van der Waals surface area contributed by atoms with Crippen LogP contribution in [0.25, 0.3) is 0 Å². The minimum Gasteiger partial charge on any atom is -0.793 e. The molecule has 0 nitrogen and oxygen atoms in total. The van der Waals surface area contributed by atoms with E-state index in [1.54, 1.807) is 0 Å². The van der Waals surface area contributed by atoms with Gasteiger partial charge < -0.3 is 25.3 Å². The van der Waals surface area contributed by atoms with Crippen molar-refractivity contribution < 1.29 is 20.4 Å². The SMILES string of the molecule is CCCCCCCCCCCC[S-].CCCCCCCCCCCC[S-].[Pd+2]. The Morgan fingerprint density at radius 3 is 0.704 bits per heavy atom. The van der Waals surface area contributed by atoms with E-state index in [2.05, 4.69) is 13.8 Å². The van der Waals surface area contributed by atoms with Crippen LogP contribution in [0.15, 0.2) is 0 Å². The van der Waals surface area contributed by atoms with Crippen LogP contribution in [0.5, 0.6) is 0 Å². The maximum atomic E-state index is 4.90. The van der Waals surface area contributed by atoms with Gasteiger partial charge in [-0.05, 0) is 0 Å². The molecule has 0 aromatic heterocycles. The molecular weight excluding hydrogens is 459 g/mol. The molecule has 0 saturated carbocycles. The second-order valence-corrected chi connectivity index (χ2v) is 8.59.